The predicted molar refractivity (Wildman–Crippen MR) is 64.5 cm³/mol. The van der Waals surface area contributed by atoms with Crippen molar-refractivity contribution in [2.75, 3.05) is 6.54 Å². The Morgan fingerprint density at radius 1 is 1.62 bits per heavy atom. The molecular weight excluding hydrogens is 274 g/mol. The number of rotatable bonds is 5. The van der Waals surface area contributed by atoms with E-state index in [1.54, 1.807) is 4.68 Å². The molecule has 1 unspecified atom stereocenters. The minimum Gasteiger partial charge on any atom is -0.480 e. The Bertz CT molecular complexity index is 390. The summed E-state index contributed by atoms with van der Waals surface area (Å²) in [6.45, 7) is 6.64. The molecule has 0 amide bonds. The molecule has 0 saturated heterocycles. The number of hydrogen-bond donors (Lipinski definition) is 2. The van der Waals surface area contributed by atoms with Gasteiger partial charge in [-0.25, -0.2) is 0 Å². The summed E-state index contributed by atoms with van der Waals surface area (Å²) in [7, 11) is 0. The van der Waals surface area contributed by atoms with Crippen LogP contribution >= 0.6 is 15.9 Å². The molecule has 1 aromatic heterocycles. The van der Waals surface area contributed by atoms with Gasteiger partial charge in [0.2, 0.25) is 0 Å². The van der Waals surface area contributed by atoms with Crippen molar-refractivity contribution in [1.82, 2.24) is 15.1 Å². The van der Waals surface area contributed by atoms with Crippen molar-refractivity contribution >= 4 is 21.9 Å². The van der Waals surface area contributed by atoms with Gasteiger partial charge < -0.3 is 10.4 Å². The molecule has 6 heteroatoms. The van der Waals surface area contributed by atoms with Crippen LogP contribution < -0.4 is 5.32 Å². The zero-order chi connectivity index (χ0) is 12.3. The highest BCUT2D eigenvalue weighted by molar-refractivity contribution is 9.10. The van der Waals surface area contributed by atoms with Crippen LogP contribution in [0.25, 0.3) is 0 Å². The van der Waals surface area contributed by atoms with Crippen LogP contribution in [0.3, 0.4) is 0 Å². The summed E-state index contributed by atoms with van der Waals surface area (Å²) in [5.74, 6) is -0.856. The maximum absolute atomic E-state index is 11.0. The van der Waals surface area contributed by atoms with Gasteiger partial charge >= 0.3 is 5.97 Å². The minimum absolute atomic E-state index is 0.335. The van der Waals surface area contributed by atoms with E-state index in [0.717, 1.165) is 15.9 Å². The molecule has 0 aromatic carbocycles. The summed E-state index contributed by atoms with van der Waals surface area (Å²) in [6, 6.07) is -0.602. The molecule has 0 aliphatic rings. The van der Waals surface area contributed by atoms with Crippen LogP contribution in [0.2, 0.25) is 0 Å². The number of carboxylic acids is 1. The molecule has 0 spiro atoms. The Labute approximate surface area is 103 Å². The molecule has 0 radical (unpaired) electrons. The van der Waals surface area contributed by atoms with Crippen LogP contribution in [0.4, 0.5) is 0 Å². The Balaban J connectivity index is 2.85. The van der Waals surface area contributed by atoms with E-state index in [1.807, 2.05) is 20.8 Å². The van der Waals surface area contributed by atoms with E-state index in [-0.39, 0.29) is 0 Å². The van der Waals surface area contributed by atoms with Gasteiger partial charge in [-0.15, -0.1) is 0 Å². The fourth-order valence-corrected chi connectivity index (χ4v) is 1.79. The molecule has 1 heterocycles. The first kappa shape index (κ1) is 13.2. The molecular formula is C10H16BrN3O2. The molecule has 0 aliphatic heterocycles. The van der Waals surface area contributed by atoms with Crippen molar-refractivity contribution in [2.24, 2.45) is 0 Å². The monoisotopic (exact) mass is 289 g/mol. The van der Waals surface area contributed by atoms with Crippen LogP contribution in [-0.4, -0.2) is 33.4 Å². The van der Waals surface area contributed by atoms with E-state index < -0.39 is 12.0 Å². The maximum atomic E-state index is 11.0. The molecule has 0 fully saturated rings. The number of carboxylic acid groups (broad SMARTS) is 1. The number of aryl methyl sites for hydroxylation is 1. The number of halogens is 1. The van der Waals surface area contributed by atoms with Crippen LogP contribution in [-0.2, 0) is 11.3 Å². The predicted octanol–water partition coefficient (Wildman–Crippen LogP) is 1.33. The summed E-state index contributed by atoms with van der Waals surface area (Å²) in [5.41, 5.74) is 1.82. The van der Waals surface area contributed by atoms with Gasteiger partial charge in [0.15, 0.2) is 0 Å². The topological polar surface area (TPSA) is 67.2 Å². The van der Waals surface area contributed by atoms with Gasteiger partial charge in [0, 0.05) is 5.69 Å². The van der Waals surface area contributed by atoms with Crippen molar-refractivity contribution < 1.29 is 9.90 Å². The lowest BCUT2D eigenvalue weighted by Gasteiger charge is -2.14. The van der Waals surface area contributed by atoms with Gasteiger partial charge in [0.1, 0.15) is 6.04 Å². The van der Waals surface area contributed by atoms with Crippen LogP contribution in [0.1, 0.15) is 18.3 Å². The summed E-state index contributed by atoms with van der Waals surface area (Å²) in [4.78, 5) is 11.0. The van der Waals surface area contributed by atoms with E-state index in [4.69, 9.17) is 5.11 Å². The van der Waals surface area contributed by atoms with Gasteiger partial charge in [-0.3, -0.25) is 9.48 Å². The number of aliphatic carboxylic acids is 1. The maximum Gasteiger partial charge on any atom is 0.322 e. The van der Waals surface area contributed by atoms with Crippen molar-refractivity contribution in [3.8, 4) is 0 Å². The van der Waals surface area contributed by atoms with Crippen LogP contribution in [0, 0.1) is 13.8 Å². The van der Waals surface area contributed by atoms with Crippen LogP contribution in [0.5, 0.6) is 0 Å². The van der Waals surface area contributed by atoms with E-state index in [1.165, 1.54) is 0 Å². The van der Waals surface area contributed by atoms with E-state index in [2.05, 4.69) is 26.3 Å². The van der Waals surface area contributed by atoms with Crippen molar-refractivity contribution in [3.63, 3.8) is 0 Å². The molecule has 2 N–H and O–H groups in total. The van der Waals surface area contributed by atoms with E-state index in [0.29, 0.717) is 13.1 Å². The van der Waals surface area contributed by atoms with Gasteiger partial charge in [-0.05, 0) is 36.3 Å². The van der Waals surface area contributed by atoms with Crippen molar-refractivity contribution in [3.05, 3.63) is 15.9 Å². The molecule has 1 rings (SSSR count). The fourth-order valence-electron chi connectivity index (χ4n) is 1.50. The number of aromatic nitrogens is 2. The normalized spacial score (nSPS) is 12.8. The van der Waals surface area contributed by atoms with Crippen LogP contribution in [0.15, 0.2) is 4.47 Å². The second kappa shape index (κ2) is 5.45. The highest BCUT2D eigenvalue weighted by Gasteiger charge is 2.19. The molecule has 5 nitrogen and oxygen atoms in total. The third kappa shape index (κ3) is 2.82. The average molecular weight is 290 g/mol. The zero-order valence-electron chi connectivity index (χ0n) is 9.62. The van der Waals surface area contributed by atoms with Gasteiger partial charge in [0.25, 0.3) is 0 Å². The minimum atomic E-state index is -0.856. The highest BCUT2D eigenvalue weighted by Crippen LogP contribution is 2.19. The Kier molecular flexibility index (Phi) is 4.49. The van der Waals surface area contributed by atoms with Gasteiger partial charge in [-0.1, -0.05) is 6.92 Å². The summed E-state index contributed by atoms with van der Waals surface area (Å²) < 4.78 is 2.65. The molecule has 1 atom stereocenters. The highest BCUT2D eigenvalue weighted by atomic mass is 79.9. The fraction of sp³-hybridized carbons (Fsp3) is 0.600. The first-order valence-electron chi connectivity index (χ1n) is 5.13. The first-order valence-corrected chi connectivity index (χ1v) is 5.92. The first-order chi connectivity index (χ1) is 7.47. The number of carbonyl (C=O) groups is 1. The number of likely N-dealkylation sites (N-methyl/N-ethyl adjacent to an activating group) is 1. The lowest BCUT2D eigenvalue weighted by atomic mass is 10.3. The number of hydrogen-bond acceptors (Lipinski definition) is 3. The average Bonchev–Trinajstić information content (AvgIpc) is 2.45. The quantitative estimate of drug-likeness (QED) is 0.858. The Morgan fingerprint density at radius 3 is 2.62 bits per heavy atom. The standard InChI is InChI=1S/C10H16BrN3O2/c1-4-12-8(10(15)16)5-14-7(3)9(11)6(2)13-14/h8,12H,4-5H2,1-3H3,(H,15,16). The summed E-state index contributed by atoms with van der Waals surface area (Å²) in [6.07, 6.45) is 0. The van der Waals surface area contributed by atoms with E-state index >= 15 is 0 Å². The molecule has 0 aliphatic carbocycles. The number of nitrogens with one attached hydrogen (secondary N) is 1. The van der Waals surface area contributed by atoms with Crippen molar-refractivity contribution in [1.29, 1.82) is 0 Å². The Hall–Kier alpha value is -0.880. The summed E-state index contributed by atoms with van der Waals surface area (Å²) in [5, 5.41) is 16.2. The third-order valence-corrected chi connectivity index (χ3v) is 3.54. The lowest BCUT2D eigenvalue weighted by Crippen LogP contribution is -2.40. The summed E-state index contributed by atoms with van der Waals surface area (Å²) >= 11 is 3.41. The van der Waals surface area contributed by atoms with E-state index in [9.17, 15) is 4.79 Å². The van der Waals surface area contributed by atoms with Gasteiger partial charge in [-0.2, -0.15) is 5.10 Å². The molecule has 90 valence electrons. The second-order valence-electron chi connectivity index (χ2n) is 3.62. The lowest BCUT2D eigenvalue weighted by molar-refractivity contribution is -0.139. The third-order valence-electron chi connectivity index (χ3n) is 2.40. The molecule has 0 bridgehead atoms. The Morgan fingerprint density at radius 2 is 2.25 bits per heavy atom. The smallest absolute Gasteiger partial charge is 0.322 e. The molecule has 16 heavy (non-hydrogen) atoms. The van der Waals surface area contributed by atoms with Gasteiger partial charge in [0.05, 0.1) is 16.7 Å². The number of nitrogens with zero attached hydrogens (tertiary/aromatic N) is 2. The second-order valence-corrected chi connectivity index (χ2v) is 4.41. The van der Waals surface area contributed by atoms with Crippen molar-refractivity contribution in [2.45, 2.75) is 33.4 Å². The zero-order valence-corrected chi connectivity index (χ0v) is 11.2. The largest absolute Gasteiger partial charge is 0.480 e. The molecule has 1 aromatic rings. The SMILES string of the molecule is CCNC(Cn1nc(C)c(Br)c1C)C(=O)O. The molecule has 0 saturated carbocycles.